The van der Waals surface area contributed by atoms with Crippen molar-refractivity contribution in [2.45, 2.75) is 19.9 Å². The smallest absolute Gasteiger partial charge is 0.290 e. The third-order valence-electron chi connectivity index (χ3n) is 1.81. The van der Waals surface area contributed by atoms with Gasteiger partial charge in [0, 0.05) is 18.9 Å². The Bertz CT molecular complexity index is 388. The Balaban J connectivity index is 2.66. The van der Waals surface area contributed by atoms with Crippen molar-refractivity contribution in [2.75, 3.05) is 11.9 Å². The van der Waals surface area contributed by atoms with Gasteiger partial charge in [0.1, 0.15) is 6.04 Å². The van der Waals surface area contributed by atoms with Gasteiger partial charge in [-0.25, -0.2) is 4.98 Å². The van der Waals surface area contributed by atoms with Gasteiger partial charge in [0.15, 0.2) is 5.82 Å². The highest BCUT2D eigenvalue weighted by Crippen LogP contribution is 1.94. The van der Waals surface area contributed by atoms with E-state index in [1.807, 2.05) is 6.92 Å². The molecule has 1 heterocycles. The minimum Gasteiger partial charge on any atom is -0.355 e. The number of carbonyl (C=O) groups excluding carboxylic acids is 1. The molecule has 0 bridgehead atoms. The summed E-state index contributed by atoms with van der Waals surface area (Å²) in [6.07, 6.45) is 2.89. The quantitative estimate of drug-likeness (QED) is 0.637. The molecule has 15 heavy (non-hydrogen) atoms. The molecule has 0 aliphatic rings. The largest absolute Gasteiger partial charge is 0.355 e. The molecule has 1 amide bonds. The van der Waals surface area contributed by atoms with Crippen molar-refractivity contribution in [2.24, 2.45) is 0 Å². The minimum atomic E-state index is -0.485. The number of anilines is 1. The van der Waals surface area contributed by atoms with Crippen LogP contribution >= 0.6 is 0 Å². The van der Waals surface area contributed by atoms with Crippen molar-refractivity contribution < 1.29 is 4.79 Å². The molecule has 0 radical (unpaired) electrons. The highest BCUT2D eigenvalue weighted by atomic mass is 16.2. The maximum absolute atomic E-state index is 11.3. The summed E-state index contributed by atoms with van der Waals surface area (Å²) in [6, 6.07) is -0.485. The van der Waals surface area contributed by atoms with Crippen molar-refractivity contribution in [1.29, 1.82) is 0 Å². The van der Waals surface area contributed by atoms with Crippen LogP contribution in [0.2, 0.25) is 0 Å². The van der Waals surface area contributed by atoms with Crippen LogP contribution in [0.15, 0.2) is 17.2 Å². The molecular formula is C9H14N4O2. The molecule has 3 N–H and O–H groups in total. The molecule has 1 unspecified atom stereocenters. The average Bonchev–Trinajstić information content (AvgIpc) is 2.21. The van der Waals surface area contributed by atoms with E-state index in [1.165, 1.54) is 12.4 Å². The minimum absolute atomic E-state index is 0.149. The molecule has 0 saturated carbocycles. The van der Waals surface area contributed by atoms with Gasteiger partial charge in [0.2, 0.25) is 5.91 Å². The van der Waals surface area contributed by atoms with Gasteiger partial charge in [-0.05, 0) is 13.8 Å². The highest BCUT2D eigenvalue weighted by Gasteiger charge is 2.12. The lowest BCUT2D eigenvalue weighted by molar-refractivity contribution is -0.121. The van der Waals surface area contributed by atoms with Crippen LogP contribution in [-0.2, 0) is 4.79 Å². The number of aromatic nitrogens is 2. The van der Waals surface area contributed by atoms with Crippen LogP contribution in [-0.4, -0.2) is 28.5 Å². The zero-order valence-corrected chi connectivity index (χ0v) is 8.70. The Labute approximate surface area is 87.1 Å². The molecular weight excluding hydrogens is 196 g/mol. The number of nitrogens with zero attached hydrogens (tertiary/aromatic N) is 1. The number of amides is 1. The topological polar surface area (TPSA) is 86.9 Å². The molecule has 1 aromatic rings. The molecule has 0 fully saturated rings. The molecule has 0 saturated heterocycles. The fourth-order valence-electron chi connectivity index (χ4n) is 1.05. The molecule has 82 valence electrons. The molecule has 0 aliphatic heterocycles. The van der Waals surface area contributed by atoms with Crippen molar-refractivity contribution in [1.82, 2.24) is 15.3 Å². The molecule has 1 rings (SSSR count). The lowest BCUT2D eigenvalue weighted by Crippen LogP contribution is -2.38. The van der Waals surface area contributed by atoms with E-state index in [9.17, 15) is 9.59 Å². The number of rotatable bonds is 4. The maximum atomic E-state index is 11.3. The fraction of sp³-hybridized carbons (Fsp3) is 0.444. The van der Waals surface area contributed by atoms with Crippen LogP contribution in [0, 0.1) is 0 Å². The third-order valence-corrected chi connectivity index (χ3v) is 1.81. The Morgan fingerprint density at radius 2 is 2.40 bits per heavy atom. The third kappa shape index (κ3) is 3.08. The molecule has 0 aromatic carbocycles. The summed E-state index contributed by atoms with van der Waals surface area (Å²) in [5.41, 5.74) is -0.339. The zero-order chi connectivity index (χ0) is 11.3. The lowest BCUT2D eigenvalue weighted by Gasteiger charge is -2.12. The number of carbonyl (C=O) groups is 1. The second-order valence-corrected chi connectivity index (χ2v) is 3.03. The average molecular weight is 210 g/mol. The van der Waals surface area contributed by atoms with Gasteiger partial charge in [-0.15, -0.1) is 0 Å². The lowest BCUT2D eigenvalue weighted by atomic mass is 10.3. The van der Waals surface area contributed by atoms with Crippen molar-refractivity contribution >= 4 is 11.7 Å². The van der Waals surface area contributed by atoms with Gasteiger partial charge in [-0.1, -0.05) is 0 Å². The summed E-state index contributed by atoms with van der Waals surface area (Å²) in [5, 5.41) is 5.37. The van der Waals surface area contributed by atoms with Crippen LogP contribution in [0.5, 0.6) is 0 Å². The maximum Gasteiger partial charge on any atom is 0.290 e. The van der Waals surface area contributed by atoms with Gasteiger partial charge in [0.05, 0.1) is 0 Å². The van der Waals surface area contributed by atoms with Crippen LogP contribution < -0.4 is 16.2 Å². The number of H-pyrrole nitrogens is 1. The SMILES string of the molecule is CCNC(=O)C(C)Nc1ncc[nH]c1=O. The summed E-state index contributed by atoms with van der Waals surface area (Å²) >= 11 is 0. The Hall–Kier alpha value is -1.85. The van der Waals surface area contributed by atoms with Crippen molar-refractivity contribution in [3.63, 3.8) is 0 Å². The Morgan fingerprint density at radius 1 is 1.67 bits per heavy atom. The number of likely N-dealkylation sites (N-methyl/N-ethyl adjacent to an activating group) is 1. The molecule has 6 nitrogen and oxygen atoms in total. The predicted octanol–water partition coefficient (Wildman–Crippen LogP) is -0.294. The number of hydrogen-bond acceptors (Lipinski definition) is 4. The molecule has 1 aromatic heterocycles. The van der Waals surface area contributed by atoms with Gasteiger partial charge in [-0.2, -0.15) is 0 Å². The van der Waals surface area contributed by atoms with Gasteiger partial charge in [-0.3, -0.25) is 9.59 Å². The highest BCUT2D eigenvalue weighted by molar-refractivity contribution is 5.83. The second-order valence-electron chi connectivity index (χ2n) is 3.03. The second kappa shape index (κ2) is 5.14. The molecule has 0 aliphatic carbocycles. The molecule has 0 spiro atoms. The van der Waals surface area contributed by atoms with Gasteiger partial charge >= 0.3 is 0 Å². The summed E-state index contributed by atoms with van der Waals surface area (Å²) in [7, 11) is 0. The van der Waals surface area contributed by atoms with E-state index in [-0.39, 0.29) is 17.3 Å². The summed E-state index contributed by atoms with van der Waals surface area (Å²) in [6.45, 7) is 4.06. The van der Waals surface area contributed by atoms with Crippen molar-refractivity contribution in [3.05, 3.63) is 22.7 Å². The predicted molar refractivity (Wildman–Crippen MR) is 56.6 cm³/mol. The zero-order valence-electron chi connectivity index (χ0n) is 8.70. The van der Waals surface area contributed by atoms with E-state index in [0.29, 0.717) is 6.54 Å². The van der Waals surface area contributed by atoms with E-state index in [2.05, 4.69) is 20.6 Å². The van der Waals surface area contributed by atoms with E-state index < -0.39 is 6.04 Å². The molecule has 1 atom stereocenters. The van der Waals surface area contributed by atoms with E-state index in [4.69, 9.17) is 0 Å². The summed E-state index contributed by atoms with van der Waals surface area (Å²) in [4.78, 5) is 28.9. The standard InChI is InChI=1S/C9H14N4O2/c1-3-10-8(14)6(2)13-7-9(15)12-5-4-11-7/h4-6H,3H2,1-2H3,(H,10,14)(H,11,13)(H,12,15). The number of aromatic amines is 1. The first-order valence-electron chi connectivity index (χ1n) is 4.73. The number of nitrogens with one attached hydrogen (secondary N) is 3. The molecule has 6 heteroatoms. The summed E-state index contributed by atoms with van der Waals surface area (Å²) < 4.78 is 0. The first-order chi connectivity index (χ1) is 7.15. The van der Waals surface area contributed by atoms with Crippen LogP contribution in [0.4, 0.5) is 5.82 Å². The normalized spacial score (nSPS) is 11.9. The van der Waals surface area contributed by atoms with E-state index >= 15 is 0 Å². The first kappa shape index (κ1) is 11.2. The fourth-order valence-corrected chi connectivity index (χ4v) is 1.05. The Morgan fingerprint density at radius 3 is 3.00 bits per heavy atom. The summed E-state index contributed by atoms with van der Waals surface area (Å²) in [5.74, 6) is -0.0150. The van der Waals surface area contributed by atoms with Gasteiger partial charge in [0.25, 0.3) is 5.56 Å². The van der Waals surface area contributed by atoms with Gasteiger partial charge < -0.3 is 15.6 Å². The van der Waals surface area contributed by atoms with Crippen LogP contribution in [0.25, 0.3) is 0 Å². The Kier molecular flexibility index (Phi) is 3.84. The van der Waals surface area contributed by atoms with Crippen molar-refractivity contribution in [3.8, 4) is 0 Å². The van der Waals surface area contributed by atoms with E-state index in [1.54, 1.807) is 6.92 Å². The number of hydrogen-bond donors (Lipinski definition) is 3. The first-order valence-corrected chi connectivity index (χ1v) is 4.73. The van der Waals surface area contributed by atoms with Crippen LogP contribution in [0.3, 0.4) is 0 Å². The van der Waals surface area contributed by atoms with Crippen LogP contribution in [0.1, 0.15) is 13.8 Å². The monoisotopic (exact) mass is 210 g/mol. The van der Waals surface area contributed by atoms with E-state index in [0.717, 1.165) is 0 Å².